The van der Waals surface area contributed by atoms with Crippen molar-refractivity contribution >= 4 is 10.0 Å². The van der Waals surface area contributed by atoms with Gasteiger partial charge in [0, 0.05) is 19.1 Å². The number of unbranched alkanes of at least 4 members (excludes halogenated alkanes) is 1. The lowest BCUT2D eigenvalue weighted by atomic mass is 10.3. The molecule has 18 heavy (non-hydrogen) atoms. The van der Waals surface area contributed by atoms with Crippen LogP contribution in [0.2, 0.25) is 0 Å². The number of sulfonamides is 1. The molecular formula is C13H26N2O2S. The van der Waals surface area contributed by atoms with Crippen LogP contribution in [0.5, 0.6) is 0 Å². The van der Waals surface area contributed by atoms with E-state index in [2.05, 4.69) is 5.32 Å². The number of rotatable bonds is 8. The molecule has 0 bridgehead atoms. The Bertz CT molecular complexity index is 346. The molecule has 0 unspecified atom stereocenters. The van der Waals surface area contributed by atoms with Crippen LogP contribution in [0, 0.1) is 0 Å². The lowest BCUT2D eigenvalue weighted by Crippen LogP contribution is -2.36. The van der Waals surface area contributed by atoms with Crippen LogP contribution < -0.4 is 5.32 Å². The molecule has 0 atom stereocenters. The summed E-state index contributed by atoms with van der Waals surface area (Å²) in [5.41, 5.74) is 0. The second kappa shape index (κ2) is 6.35. The van der Waals surface area contributed by atoms with Crippen LogP contribution in [0.1, 0.15) is 51.4 Å². The topological polar surface area (TPSA) is 49.4 Å². The summed E-state index contributed by atoms with van der Waals surface area (Å²) >= 11 is 0. The van der Waals surface area contributed by atoms with Gasteiger partial charge in [0.15, 0.2) is 0 Å². The number of nitrogens with zero attached hydrogens (tertiary/aromatic N) is 1. The van der Waals surface area contributed by atoms with Crippen LogP contribution in [0.15, 0.2) is 0 Å². The Morgan fingerprint density at radius 1 is 1.11 bits per heavy atom. The number of nitrogens with one attached hydrogen (secondary N) is 1. The van der Waals surface area contributed by atoms with E-state index in [-0.39, 0.29) is 6.04 Å². The molecule has 2 saturated carbocycles. The highest BCUT2D eigenvalue weighted by Crippen LogP contribution is 2.24. The standard InChI is InChI=1S/C13H26N2O2S/c1-15(13-6-2-3-7-13)18(16,17)11-5-4-10-14-12-8-9-12/h12-14H,2-11H2,1H3. The van der Waals surface area contributed by atoms with Crippen LogP contribution in [-0.4, -0.2) is 44.2 Å². The zero-order valence-electron chi connectivity index (χ0n) is 11.4. The monoisotopic (exact) mass is 274 g/mol. The largest absolute Gasteiger partial charge is 0.314 e. The van der Waals surface area contributed by atoms with E-state index in [1.54, 1.807) is 11.4 Å². The van der Waals surface area contributed by atoms with Gasteiger partial charge in [-0.2, -0.15) is 0 Å². The highest BCUT2D eigenvalue weighted by molar-refractivity contribution is 7.89. The molecule has 2 aliphatic carbocycles. The Balaban J connectivity index is 1.65. The molecule has 0 aromatic rings. The Hall–Kier alpha value is -0.130. The molecule has 0 aromatic carbocycles. The van der Waals surface area contributed by atoms with E-state index in [1.807, 2.05) is 0 Å². The molecule has 2 aliphatic rings. The van der Waals surface area contributed by atoms with E-state index in [4.69, 9.17) is 0 Å². The summed E-state index contributed by atoms with van der Waals surface area (Å²) in [6, 6.07) is 0.988. The van der Waals surface area contributed by atoms with Crippen LogP contribution in [0.25, 0.3) is 0 Å². The molecule has 0 heterocycles. The van der Waals surface area contributed by atoms with Crippen molar-refractivity contribution in [2.24, 2.45) is 0 Å². The van der Waals surface area contributed by atoms with Crippen LogP contribution in [0.3, 0.4) is 0 Å². The fourth-order valence-electron chi connectivity index (χ4n) is 2.64. The maximum atomic E-state index is 12.1. The molecule has 5 heteroatoms. The van der Waals surface area contributed by atoms with E-state index in [1.165, 1.54) is 25.7 Å². The van der Waals surface area contributed by atoms with Gasteiger partial charge in [0.1, 0.15) is 0 Å². The second-order valence-electron chi connectivity index (χ2n) is 5.71. The van der Waals surface area contributed by atoms with E-state index in [0.29, 0.717) is 5.75 Å². The van der Waals surface area contributed by atoms with Crippen molar-refractivity contribution in [2.45, 2.75) is 63.5 Å². The summed E-state index contributed by atoms with van der Waals surface area (Å²) in [4.78, 5) is 0. The van der Waals surface area contributed by atoms with Crippen LogP contribution in [-0.2, 0) is 10.0 Å². The normalized spacial score (nSPS) is 21.9. The van der Waals surface area contributed by atoms with Crippen LogP contribution >= 0.6 is 0 Å². The zero-order chi connectivity index (χ0) is 13.0. The van der Waals surface area contributed by atoms with Gasteiger partial charge < -0.3 is 5.32 Å². The minimum absolute atomic E-state index is 0.264. The van der Waals surface area contributed by atoms with Gasteiger partial charge in [-0.25, -0.2) is 12.7 Å². The first-order chi connectivity index (χ1) is 8.59. The molecule has 1 N–H and O–H groups in total. The maximum Gasteiger partial charge on any atom is 0.214 e. The Morgan fingerprint density at radius 2 is 1.78 bits per heavy atom. The third-order valence-electron chi connectivity index (χ3n) is 4.12. The Labute approximate surface area is 111 Å². The lowest BCUT2D eigenvalue weighted by molar-refractivity contribution is 0.372. The van der Waals surface area contributed by atoms with Gasteiger partial charge in [0.2, 0.25) is 10.0 Å². The van der Waals surface area contributed by atoms with Gasteiger partial charge in [0.25, 0.3) is 0 Å². The second-order valence-corrected chi connectivity index (χ2v) is 7.85. The average Bonchev–Trinajstić information content (AvgIpc) is 3.00. The van der Waals surface area contributed by atoms with Crippen LogP contribution in [0.4, 0.5) is 0 Å². The highest BCUT2D eigenvalue weighted by atomic mass is 32.2. The van der Waals surface area contributed by atoms with E-state index in [0.717, 1.165) is 38.3 Å². The third kappa shape index (κ3) is 4.21. The van der Waals surface area contributed by atoms with Gasteiger partial charge in [-0.3, -0.25) is 0 Å². The SMILES string of the molecule is CN(C1CCCC1)S(=O)(=O)CCCCNC1CC1. The molecule has 2 rings (SSSR count). The molecule has 0 aliphatic heterocycles. The maximum absolute atomic E-state index is 12.1. The first-order valence-corrected chi connectivity index (χ1v) is 8.89. The summed E-state index contributed by atoms with van der Waals surface area (Å²) in [5, 5.41) is 3.42. The molecule has 0 aromatic heterocycles. The average molecular weight is 274 g/mol. The minimum Gasteiger partial charge on any atom is -0.314 e. The number of hydrogen-bond donors (Lipinski definition) is 1. The van der Waals surface area contributed by atoms with Crippen molar-refractivity contribution in [3.05, 3.63) is 0 Å². The molecule has 0 radical (unpaired) electrons. The van der Waals surface area contributed by atoms with Crippen molar-refractivity contribution in [3.8, 4) is 0 Å². The molecule has 2 fully saturated rings. The smallest absolute Gasteiger partial charge is 0.214 e. The first-order valence-electron chi connectivity index (χ1n) is 7.29. The van der Waals surface area contributed by atoms with Crippen molar-refractivity contribution in [2.75, 3.05) is 19.3 Å². The summed E-state index contributed by atoms with van der Waals surface area (Å²) in [6.45, 7) is 0.966. The fraction of sp³-hybridized carbons (Fsp3) is 1.00. The predicted octanol–water partition coefficient (Wildman–Crippen LogP) is 1.72. The quantitative estimate of drug-likeness (QED) is 0.686. The first kappa shape index (κ1) is 14.3. The van der Waals surface area contributed by atoms with E-state index >= 15 is 0 Å². The van der Waals surface area contributed by atoms with Crippen molar-refractivity contribution in [1.29, 1.82) is 0 Å². The summed E-state index contributed by atoms with van der Waals surface area (Å²) in [6.07, 6.45) is 8.77. The minimum atomic E-state index is -3.02. The Kier molecular flexibility index (Phi) is 5.04. The third-order valence-corrected chi connectivity index (χ3v) is 6.10. The van der Waals surface area contributed by atoms with E-state index < -0.39 is 10.0 Å². The fourth-order valence-corrected chi connectivity index (χ4v) is 4.16. The number of hydrogen-bond acceptors (Lipinski definition) is 3. The van der Waals surface area contributed by atoms with Gasteiger partial charge in [-0.15, -0.1) is 0 Å². The Morgan fingerprint density at radius 3 is 2.39 bits per heavy atom. The predicted molar refractivity (Wildman–Crippen MR) is 74.1 cm³/mol. The van der Waals surface area contributed by atoms with Gasteiger partial charge >= 0.3 is 0 Å². The summed E-state index contributed by atoms with van der Waals surface area (Å²) in [5.74, 6) is 0.312. The molecule has 0 spiro atoms. The summed E-state index contributed by atoms with van der Waals surface area (Å²) < 4.78 is 25.9. The van der Waals surface area contributed by atoms with Gasteiger partial charge in [0.05, 0.1) is 5.75 Å². The van der Waals surface area contributed by atoms with Gasteiger partial charge in [-0.05, 0) is 45.1 Å². The molecular weight excluding hydrogens is 248 g/mol. The lowest BCUT2D eigenvalue weighted by Gasteiger charge is -2.23. The van der Waals surface area contributed by atoms with Gasteiger partial charge in [-0.1, -0.05) is 12.8 Å². The highest BCUT2D eigenvalue weighted by Gasteiger charge is 2.28. The molecule has 0 saturated heterocycles. The molecule has 106 valence electrons. The van der Waals surface area contributed by atoms with E-state index in [9.17, 15) is 8.42 Å². The molecule has 0 amide bonds. The zero-order valence-corrected chi connectivity index (χ0v) is 12.2. The van der Waals surface area contributed by atoms with Crippen molar-refractivity contribution < 1.29 is 8.42 Å². The summed E-state index contributed by atoms with van der Waals surface area (Å²) in [7, 11) is -1.27. The van der Waals surface area contributed by atoms with Crippen molar-refractivity contribution in [3.63, 3.8) is 0 Å². The molecule has 4 nitrogen and oxygen atoms in total. The van der Waals surface area contributed by atoms with Crippen molar-refractivity contribution in [1.82, 2.24) is 9.62 Å².